The number of alkyl halides is 6. The summed E-state index contributed by atoms with van der Waals surface area (Å²) in [7, 11) is 1.60. The number of anilines is 1. The summed E-state index contributed by atoms with van der Waals surface area (Å²) in [5.41, 5.74) is 1.40. The van der Waals surface area contributed by atoms with Crippen LogP contribution in [0, 0.1) is 0 Å². The predicted octanol–water partition coefficient (Wildman–Crippen LogP) is 5.41. The zero-order valence-corrected chi connectivity index (χ0v) is 13.6. The van der Waals surface area contributed by atoms with E-state index in [1.807, 2.05) is 0 Å². The molecule has 0 aromatic heterocycles. The molecular formula is C10H8Cl6N2. The molecule has 0 bridgehead atoms. The van der Waals surface area contributed by atoms with E-state index in [0.717, 1.165) is 0 Å². The lowest BCUT2D eigenvalue weighted by Gasteiger charge is -2.19. The van der Waals surface area contributed by atoms with Crippen LogP contribution in [0.3, 0.4) is 0 Å². The molecule has 0 heterocycles. The summed E-state index contributed by atoms with van der Waals surface area (Å²) < 4.78 is -3.14. The monoisotopic (exact) mass is 366 g/mol. The van der Waals surface area contributed by atoms with E-state index in [2.05, 4.69) is 10.3 Å². The van der Waals surface area contributed by atoms with Crippen molar-refractivity contribution in [3.63, 3.8) is 0 Å². The summed E-state index contributed by atoms with van der Waals surface area (Å²) in [5.74, 6) is 0. The summed E-state index contributed by atoms with van der Waals surface area (Å²) in [6.07, 6.45) is 1.44. The Hall–Kier alpha value is 0.430. The van der Waals surface area contributed by atoms with E-state index in [-0.39, 0.29) is 0 Å². The molecule has 0 spiro atoms. The molecule has 0 unspecified atom stereocenters. The number of aliphatic imine (C=N–C) groups is 1. The smallest absolute Gasteiger partial charge is 0.218 e. The van der Waals surface area contributed by atoms with Gasteiger partial charge in [0.15, 0.2) is 0 Å². The molecule has 0 radical (unpaired) electrons. The van der Waals surface area contributed by atoms with Gasteiger partial charge in [-0.15, -0.1) is 0 Å². The van der Waals surface area contributed by atoms with E-state index >= 15 is 0 Å². The normalized spacial score (nSPS) is 13.1. The van der Waals surface area contributed by atoms with Crippen molar-refractivity contribution in [2.45, 2.75) is 7.59 Å². The van der Waals surface area contributed by atoms with Crippen LogP contribution in [0.4, 0.5) is 5.69 Å². The van der Waals surface area contributed by atoms with Crippen LogP contribution in [0.2, 0.25) is 0 Å². The van der Waals surface area contributed by atoms with Gasteiger partial charge in [-0.05, 0) is 6.07 Å². The van der Waals surface area contributed by atoms with Crippen LogP contribution in [0.5, 0.6) is 0 Å². The molecule has 0 saturated heterocycles. The predicted molar refractivity (Wildman–Crippen MR) is 83.0 cm³/mol. The molecule has 0 saturated carbocycles. The van der Waals surface area contributed by atoms with Crippen LogP contribution < -0.4 is 5.32 Å². The maximum atomic E-state index is 5.86. The van der Waals surface area contributed by atoms with Gasteiger partial charge >= 0.3 is 0 Å². The van der Waals surface area contributed by atoms with Crippen LogP contribution in [-0.4, -0.2) is 13.4 Å². The van der Waals surface area contributed by atoms with Gasteiger partial charge in [-0.3, -0.25) is 4.99 Å². The Labute approximate surface area is 135 Å². The van der Waals surface area contributed by atoms with Crippen molar-refractivity contribution in [1.82, 2.24) is 0 Å². The molecule has 1 rings (SSSR count). The Bertz CT molecular complexity index is 447. The number of rotatable bonds is 2. The highest BCUT2D eigenvalue weighted by Crippen LogP contribution is 2.45. The van der Waals surface area contributed by atoms with E-state index in [0.29, 0.717) is 16.8 Å². The molecule has 0 aliphatic heterocycles. The fourth-order valence-electron chi connectivity index (χ4n) is 1.22. The van der Waals surface area contributed by atoms with Gasteiger partial charge in [0, 0.05) is 23.9 Å². The van der Waals surface area contributed by atoms with Gasteiger partial charge in [-0.25, -0.2) is 0 Å². The van der Waals surface area contributed by atoms with Crippen molar-refractivity contribution in [2.24, 2.45) is 4.99 Å². The average molecular weight is 369 g/mol. The van der Waals surface area contributed by atoms with E-state index in [4.69, 9.17) is 69.6 Å². The van der Waals surface area contributed by atoms with Crippen molar-refractivity contribution in [3.8, 4) is 0 Å². The van der Waals surface area contributed by atoms with Crippen LogP contribution in [0.1, 0.15) is 11.1 Å². The van der Waals surface area contributed by atoms with E-state index < -0.39 is 7.59 Å². The second-order valence-electron chi connectivity index (χ2n) is 3.29. The molecule has 1 aromatic rings. The highest BCUT2D eigenvalue weighted by molar-refractivity contribution is 6.67. The van der Waals surface area contributed by atoms with E-state index in [1.165, 1.54) is 6.34 Å². The standard InChI is InChI=1S/C10H8Cl6N2/c1-17-5-18-8-4-6(9(11,12)13)2-3-7(8)10(14,15)16/h2-5H,1H3,(H,17,18). The molecule has 0 aliphatic carbocycles. The molecule has 0 aliphatic rings. The summed E-state index contributed by atoms with van der Waals surface area (Å²) in [6.45, 7) is 0. The van der Waals surface area contributed by atoms with Gasteiger partial charge in [-0.1, -0.05) is 81.7 Å². The van der Waals surface area contributed by atoms with Gasteiger partial charge in [0.2, 0.25) is 7.59 Å². The van der Waals surface area contributed by atoms with Crippen molar-refractivity contribution < 1.29 is 0 Å². The van der Waals surface area contributed by atoms with Crippen LogP contribution >= 0.6 is 69.6 Å². The topological polar surface area (TPSA) is 24.4 Å². The highest BCUT2D eigenvalue weighted by Gasteiger charge is 2.29. The molecule has 0 atom stereocenters. The van der Waals surface area contributed by atoms with Gasteiger partial charge in [0.05, 0.1) is 6.34 Å². The maximum absolute atomic E-state index is 5.86. The van der Waals surface area contributed by atoms with Crippen molar-refractivity contribution in [3.05, 3.63) is 29.3 Å². The SMILES string of the molecule is CN=CNc1cc(C(Cl)(Cl)Cl)ccc1C(Cl)(Cl)Cl. The van der Waals surface area contributed by atoms with Crippen LogP contribution in [0.15, 0.2) is 23.2 Å². The Morgan fingerprint density at radius 1 is 1.06 bits per heavy atom. The molecule has 0 amide bonds. The minimum atomic E-state index is -1.59. The first kappa shape index (κ1) is 16.5. The minimum Gasteiger partial charge on any atom is -0.346 e. The largest absolute Gasteiger partial charge is 0.346 e. The number of halogens is 6. The molecular weight excluding hydrogens is 361 g/mol. The van der Waals surface area contributed by atoms with E-state index in [1.54, 1.807) is 25.2 Å². The zero-order valence-electron chi connectivity index (χ0n) is 9.02. The molecule has 1 aromatic carbocycles. The molecule has 8 heteroatoms. The second kappa shape index (κ2) is 6.25. The fraction of sp³-hybridized carbons (Fsp3) is 0.300. The molecule has 100 valence electrons. The van der Waals surface area contributed by atoms with Crippen molar-refractivity contribution >= 4 is 81.6 Å². The lowest BCUT2D eigenvalue weighted by atomic mass is 10.1. The molecule has 0 fully saturated rings. The Morgan fingerprint density at radius 3 is 2.11 bits per heavy atom. The Kier molecular flexibility index (Phi) is 5.73. The number of nitrogens with one attached hydrogen (secondary N) is 1. The third-order valence-electron chi connectivity index (χ3n) is 2.00. The Balaban J connectivity index is 3.29. The molecule has 1 N–H and O–H groups in total. The lowest BCUT2D eigenvalue weighted by Crippen LogP contribution is -2.10. The first-order valence-electron chi connectivity index (χ1n) is 4.62. The fourth-order valence-corrected chi connectivity index (χ4v) is 2.07. The zero-order chi connectivity index (χ0) is 14.0. The lowest BCUT2D eigenvalue weighted by molar-refractivity contribution is 1.19. The number of hydrogen-bond acceptors (Lipinski definition) is 1. The third kappa shape index (κ3) is 4.52. The van der Waals surface area contributed by atoms with Crippen molar-refractivity contribution in [2.75, 3.05) is 12.4 Å². The summed E-state index contributed by atoms with van der Waals surface area (Å²) in [6, 6.07) is 4.75. The minimum absolute atomic E-state index is 0.436. The second-order valence-corrected chi connectivity index (χ2v) is 7.85. The average Bonchev–Trinajstić information content (AvgIpc) is 2.23. The summed E-state index contributed by atoms with van der Waals surface area (Å²) in [5, 5.41) is 2.86. The van der Waals surface area contributed by atoms with Gasteiger partial charge < -0.3 is 5.32 Å². The maximum Gasteiger partial charge on any atom is 0.218 e. The first-order chi connectivity index (χ1) is 8.16. The molecule has 2 nitrogen and oxygen atoms in total. The van der Waals surface area contributed by atoms with Crippen LogP contribution in [0.25, 0.3) is 0 Å². The van der Waals surface area contributed by atoms with E-state index in [9.17, 15) is 0 Å². The van der Waals surface area contributed by atoms with Crippen molar-refractivity contribution in [1.29, 1.82) is 0 Å². The quantitative estimate of drug-likeness (QED) is 0.421. The summed E-state index contributed by atoms with van der Waals surface area (Å²) in [4.78, 5) is 3.78. The first-order valence-corrected chi connectivity index (χ1v) is 6.88. The highest BCUT2D eigenvalue weighted by atomic mass is 35.6. The number of benzene rings is 1. The van der Waals surface area contributed by atoms with Gasteiger partial charge in [0.25, 0.3) is 0 Å². The third-order valence-corrected chi connectivity index (χ3v) is 3.27. The molecule has 18 heavy (non-hydrogen) atoms. The summed E-state index contributed by atoms with van der Waals surface area (Å²) >= 11 is 35.0. The number of hydrogen-bond donors (Lipinski definition) is 1. The van der Waals surface area contributed by atoms with Gasteiger partial charge in [0.1, 0.15) is 0 Å². The van der Waals surface area contributed by atoms with Gasteiger partial charge in [-0.2, -0.15) is 0 Å². The number of nitrogens with zero attached hydrogens (tertiary/aromatic N) is 1. The Morgan fingerprint density at radius 2 is 1.67 bits per heavy atom. The van der Waals surface area contributed by atoms with Crippen LogP contribution in [-0.2, 0) is 7.59 Å².